The lowest BCUT2D eigenvalue weighted by Crippen LogP contribution is -2.04. The van der Waals surface area contributed by atoms with Gasteiger partial charge in [0.1, 0.15) is 17.3 Å². The monoisotopic (exact) mass is 412 g/mol. The first kappa shape index (κ1) is 20.7. The molecule has 158 valence electrons. The maximum absolute atomic E-state index is 5.90. The molecule has 0 aliphatic heterocycles. The molecule has 0 amide bonds. The highest BCUT2D eigenvalue weighted by molar-refractivity contribution is 5.79. The zero-order valence-electron chi connectivity index (χ0n) is 18.1. The number of imidazole rings is 1. The first-order chi connectivity index (χ1) is 15.2. The maximum Gasteiger partial charge on any atom is 0.133 e. The van der Waals surface area contributed by atoms with Gasteiger partial charge < -0.3 is 14.0 Å². The molecule has 4 heteroatoms. The van der Waals surface area contributed by atoms with Gasteiger partial charge in [0.15, 0.2) is 0 Å². The van der Waals surface area contributed by atoms with Crippen molar-refractivity contribution in [1.29, 1.82) is 0 Å². The van der Waals surface area contributed by atoms with Crippen LogP contribution in [0.4, 0.5) is 0 Å². The van der Waals surface area contributed by atoms with Gasteiger partial charge in [0, 0.05) is 6.54 Å². The quantitative estimate of drug-likeness (QED) is 0.299. The van der Waals surface area contributed by atoms with Gasteiger partial charge in [-0.05, 0) is 73.4 Å². The number of fused-ring (bicyclic) bond motifs is 1. The second-order valence-corrected chi connectivity index (χ2v) is 7.59. The van der Waals surface area contributed by atoms with E-state index in [0.717, 1.165) is 53.3 Å². The zero-order valence-corrected chi connectivity index (χ0v) is 18.1. The van der Waals surface area contributed by atoms with Crippen molar-refractivity contribution in [2.75, 3.05) is 13.7 Å². The van der Waals surface area contributed by atoms with Crippen molar-refractivity contribution >= 4 is 23.2 Å². The first-order valence-corrected chi connectivity index (χ1v) is 10.7. The number of nitrogens with zero attached hydrogens (tertiary/aromatic N) is 2. The molecule has 31 heavy (non-hydrogen) atoms. The zero-order chi connectivity index (χ0) is 21.5. The van der Waals surface area contributed by atoms with Crippen LogP contribution < -0.4 is 9.47 Å². The molecule has 0 atom stereocenters. The highest BCUT2D eigenvalue weighted by atomic mass is 16.5. The molecule has 0 saturated heterocycles. The topological polar surface area (TPSA) is 36.3 Å². The molecule has 0 aliphatic carbocycles. The number of aromatic nitrogens is 2. The lowest BCUT2D eigenvalue weighted by molar-refractivity contribution is 0.303. The van der Waals surface area contributed by atoms with Crippen LogP contribution in [0, 0.1) is 6.92 Å². The minimum Gasteiger partial charge on any atom is -0.497 e. The number of ether oxygens (including phenoxy) is 2. The summed E-state index contributed by atoms with van der Waals surface area (Å²) < 4.78 is 13.4. The summed E-state index contributed by atoms with van der Waals surface area (Å²) in [6.07, 6.45) is 6.20. The number of para-hydroxylation sites is 2. The molecule has 3 aromatic carbocycles. The van der Waals surface area contributed by atoms with E-state index in [0.29, 0.717) is 6.61 Å². The number of hydrogen-bond donors (Lipinski definition) is 0. The third-order valence-corrected chi connectivity index (χ3v) is 5.26. The minimum absolute atomic E-state index is 0.715. The molecule has 4 rings (SSSR count). The van der Waals surface area contributed by atoms with Crippen LogP contribution in [0.15, 0.2) is 72.8 Å². The summed E-state index contributed by atoms with van der Waals surface area (Å²) in [5.41, 5.74) is 4.52. The Balaban J connectivity index is 1.42. The SMILES string of the molecule is COc1ccc(/C=C/c2nc3ccccc3n2CCCCOc2cccc(C)c2)cc1. The van der Waals surface area contributed by atoms with E-state index in [1.807, 2.05) is 42.5 Å². The van der Waals surface area contributed by atoms with Crippen LogP contribution in [0.1, 0.15) is 29.8 Å². The molecule has 0 bridgehead atoms. The molecular formula is C27H28N2O2. The molecule has 4 nitrogen and oxygen atoms in total. The number of methoxy groups -OCH3 is 1. The maximum atomic E-state index is 5.90. The Bertz CT molecular complexity index is 1160. The summed E-state index contributed by atoms with van der Waals surface area (Å²) in [6.45, 7) is 3.70. The molecule has 0 unspecified atom stereocenters. The molecular weight excluding hydrogens is 384 g/mol. The largest absolute Gasteiger partial charge is 0.497 e. The third kappa shape index (κ3) is 5.34. The molecule has 1 heterocycles. The molecule has 0 saturated carbocycles. The van der Waals surface area contributed by atoms with Crippen LogP contribution >= 0.6 is 0 Å². The smallest absolute Gasteiger partial charge is 0.133 e. The van der Waals surface area contributed by atoms with Crippen molar-refractivity contribution in [3.63, 3.8) is 0 Å². The summed E-state index contributed by atoms with van der Waals surface area (Å²) in [5.74, 6) is 2.77. The fraction of sp³-hybridized carbons (Fsp3) is 0.222. The summed E-state index contributed by atoms with van der Waals surface area (Å²) in [7, 11) is 1.68. The van der Waals surface area contributed by atoms with Gasteiger partial charge in [-0.15, -0.1) is 0 Å². The molecule has 0 N–H and O–H groups in total. The molecule has 1 aromatic heterocycles. The molecule has 4 aromatic rings. The van der Waals surface area contributed by atoms with Gasteiger partial charge in [-0.1, -0.05) is 42.5 Å². The van der Waals surface area contributed by atoms with Gasteiger partial charge in [-0.3, -0.25) is 0 Å². The lowest BCUT2D eigenvalue weighted by Gasteiger charge is -2.09. The molecule has 0 aliphatic rings. The standard InChI is InChI=1S/C27H28N2O2/c1-21-8-7-9-24(20-21)31-19-6-5-18-29-26-11-4-3-10-25(26)28-27(29)17-14-22-12-15-23(30-2)16-13-22/h3-4,7-17,20H,5-6,18-19H2,1-2H3/b17-14+. The van der Waals surface area contributed by atoms with Crippen molar-refractivity contribution in [3.05, 3.63) is 89.7 Å². The Hall–Kier alpha value is -3.53. The van der Waals surface area contributed by atoms with Crippen LogP contribution in [-0.4, -0.2) is 23.3 Å². The number of benzene rings is 3. The molecule has 0 spiro atoms. The number of unbranched alkanes of at least 4 members (excludes halogenated alkanes) is 1. The fourth-order valence-electron chi connectivity index (χ4n) is 3.61. The lowest BCUT2D eigenvalue weighted by atomic mass is 10.2. The van der Waals surface area contributed by atoms with E-state index in [9.17, 15) is 0 Å². The van der Waals surface area contributed by atoms with Crippen LogP contribution in [0.3, 0.4) is 0 Å². The second kappa shape index (κ2) is 9.98. The van der Waals surface area contributed by atoms with Gasteiger partial charge in [0.05, 0.1) is 24.8 Å². The Morgan fingerprint density at radius 2 is 1.71 bits per heavy atom. The van der Waals surface area contributed by atoms with Crippen molar-refractivity contribution in [3.8, 4) is 11.5 Å². The van der Waals surface area contributed by atoms with E-state index >= 15 is 0 Å². The fourth-order valence-corrected chi connectivity index (χ4v) is 3.61. The Morgan fingerprint density at radius 3 is 2.52 bits per heavy atom. The Morgan fingerprint density at radius 1 is 0.871 bits per heavy atom. The van der Waals surface area contributed by atoms with E-state index in [2.05, 4.69) is 54.0 Å². The number of rotatable bonds is 9. The van der Waals surface area contributed by atoms with Crippen molar-refractivity contribution < 1.29 is 9.47 Å². The van der Waals surface area contributed by atoms with Crippen molar-refractivity contribution in [1.82, 2.24) is 9.55 Å². The van der Waals surface area contributed by atoms with Gasteiger partial charge in [0.25, 0.3) is 0 Å². The minimum atomic E-state index is 0.715. The predicted molar refractivity (Wildman–Crippen MR) is 128 cm³/mol. The van der Waals surface area contributed by atoms with Gasteiger partial charge in [0.2, 0.25) is 0 Å². The average molecular weight is 413 g/mol. The second-order valence-electron chi connectivity index (χ2n) is 7.59. The third-order valence-electron chi connectivity index (χ3n) is 5.26. The van der Waals surface area contributed by atoms with E-state index < -0.39 is 0 Å². The molecule has 0 fully saturated rings. The van der Waals surface area contributed by atoms with Crippen LogP contribution in [-0.2, 0) is 6.54 Å². The van der Waals surface area contributed by atoms with E-state index in [-0.39, 0.29) is 0 Å². The van der Waals surface area contributed by atoms with E-state index in [1.165, 1.54) is 5.56 Å². The van der Waals surface area contributed by atoms with E-state index in [1.54, 1.807) is 7.11 Å². The summed E-state index contributed by atoms with van der Waals surface area (Å²) in [6, 6.07) is 24.5. The van der Waals surface area contributed by atoms with Gasteiger partial charge in [-0.2, -0.15) is 0 Å². The highest BCUT2D eigenvalue weighted by Crippen LogP contribution is 2.20. The normalized spacial score (nSPS) is 11.3. The molecule has 0 radical (unpaired) electrons. The van der Waals surface area contributed by atoms with Crippen LogP contribution in [0.2, 0.25) is 0 Å². The van der Waals surface area contributed by atoms with Gasteiger partial charge >= 0.3 is 0 Å². The first-order valence-electron chi connectivity index (χ1n) is 10.7. The number of hydrogen-bond acceptors (Lipinski definition) is 3. The summed E-state index contributed by atoms with van der Waals surface area (Å²) in [4.78, 5) is 4.84. The van der Waals surface area contributed by atoms with E-state index in [4.69, 9.17) is 14.5 Å². The number of aryl methyl sites for hydroxylation is 2. The van der Waals surface area contributed by atoms with Crippen molar-refractivity contribution in [2.45, 2.75) is 26.3 Å². The van der Waals surface area contributed by atoms with Crippen LogP contribution in [0.5, 0.6) is 11.5 Å². The Kier molecular flexibility index (Phi) is 6.68. The highest BCUT2D eigenvalue weighted by Gasteiger charge is 2.08. The predicted octanol–water partition coefficient (Wildman–Crippen LogP) is 6.38. The Labute approximate surface area is 183 Å². The van der Waals surface area contributed by atoms with Gasteiger partial charge in [-0.25, -0.2) is 4.98 Å². The summed E-state index contributed by atoms with van der Waals surface area (Å²) >= 11 is 0. The summed E-state index contributed by atoms with van der Waals surface area (Å²) in [5, 5.41) is 0. The van der Waals surface area contributed by atoms with Crippen LogP contribution in [0.25, 0.3) is 23.2 Å². The average Bonchev–Trinajstić information content (AvgIpc) is 3.15. The van der Waals surface area contributed by atoms with Crippen molar-refractivity contribution in [2.24, 2.45) is 0 Å².